The summed E-state index contributed by atoms with van der Waals surface area (Å²) in [6, 6.07) is 47.1. The molecule has 1 aliphatic rings. The van der Waals surface area contributed by atoms with Crippen LogP contribution in [0.5, 0.6) is 0 Å². The SMILES string of the molecule is CCCCCCc1ccc(-c2nc(-c3ccc(CCCCCC)cc3)nc(-c3ccc(-c4ccc5c(c4)-c4ccccc4C5(C)c4ccc(CCCCCC)cc4)nc3)n2)cc1. The Morgan fingerprint density at radius 3 is 1.35 bits per heavy atom. The van der Waals surface area contributed by atoms with Crippen molar-refractivity contribution in [1.29, 1.82) is 0 Å². The average Bonchev–Trinajstić information content (AvgIpc) is 3.59. The van der Waals surface area contributed by atoms with Crippen molar-refractivity contribution < 1.29 is 0 Å². The molecule has 2 heterocycles. The minimum absolute atomic E-state index is 0.236. The highest BCUT2D eigenvalue weighted by Crippen LogP contribution is 2.53. The summed E-state index contributed by atoms with van der Waals surface area (Å²) in [5, 5.41) is 0. The molecule has 0 radical (unpaired) electrons. The summed E-state index contributed by atoms with van der Waals surface area (Å²) in [6.45, 7) is 9.19. The maximum Gasteiger partial charge on any atom is 0.165 e. The van der Waals surface area contributed by atoms with Gasteiger partial charge in [-0.15, -0.1) is 0 Å². The van der Waals surface area contributed by atoms with E-state index >= 15 is 0 Å². The zero-order valence-corrected chi connectivity index (χ0v) is 37.6. The molecule has 5 aromatic carbocycles. The molecule has 316 valence electrons. The Balaban J connectivity index is 1.08. The summed E-state index contributed by atoms with van der Waals surface area (Å²) in [5.74, 6) is 1.98. The molecule has 1 atom stereocenters. The fourth-order valence-corrected chi connectivity index (χ4v) is 9.35. The molecule has 0 saturated heterocycles. The van der Waals surface area contributed by atoms with Crippen LogP contribution in [0.2, 0.25) is 0 Å². The molecule has 62 heavy (non-hydrogen) atoms. The van der Waals surface area contributed by atoms with Crippen molar-refractivity contribution in [2.75, 3.05) is 0 Å². The molecular formula is C58H64N4. The fourth-order valence-electron chi connectivity index (χ4n) is 9.35. The van der Waals surface area contributed by atoms with Gasteiger partial charge in [-0.3, -0.25) is 4.98 Å². The van der Waals surface area contributed by atoms with E-state index in [0.717, 1.165) is 47.2 Å². The Morgan fingerprint density at radius 1 is 0.403 bits per heavy atom. The van der Waals surface area contributed by atoms with Crippen molar-refractivity contribution in [1.82, 2.24) is 19.9 Å². The fraction of sp³-hybridized carbons (Fsp3) is 0.345. The molecule has 1 unspecified atom stereocenters. The minimum Gasteiger partial charge on any atom is -0.255 e. The lowest BCUT2D eigenvalue weighted by Gasteiger charge is -2.28. The standard InChI is InChI=1S/C58H64N4/c1-5-8-11-14-19-42-24-30-45(31-25-42)55-60-56(46-32-26-43(27-33-46)20-15-12-9-6-2)62-57(61-55)48-35-39-54(59-41-48)47-34-38-53-51(40-47)50-22-17-18-23-52(50)58(53,4)49-36-28-44(29-37-49)21-16-13-10-7-3/h17-18,22-41H,5-16,19-21H2,1-4H3. The Morgan fingerprint density at radius 2 is 0.855 bits per heavy atom. The number of hydrogen-bond donors (Lipinski definition) is 0. The number of rotatable bonds is 20. The van der Waals surface area contributed by atoms with E-state index in [1.807, 2.05) is 6.20 Å². The van der Waals surface area contributed by atoms with Crippen molar-refractivity contribution in [2.45, 2.75) is 129 Å². The van der Waals surface area contributed by atoms with E-state index in [1.54, 1.807) is 0 Å². The topological polar surface area (TPSA) is 51.6 Å². The number of fused-ring (bicyclic) bond motifs is 3. The molecule has 7 aromatic rings. The number of aromatic nitrogens is 4. The van der Waals surface area contributed by atoms with Gasteiger partial charge in [0, 0.05) is 33.9 Å². The Hall–Kier alpha value is -5.74. The third-order valence-electron chi connectivity index (χ3n) is 13.2. The van der Waals surface area contributed by atoms with E-state index in [4.69, 9.17) is 19.9 Å². The first-order chi connectivity index (χ1) is 30.5. The molecule has 8 rings (SSSR count). The molecule has 2 aromatic heterocycles. The Labute approximate surface area is 371 Å². The number of hydrogen-bond acceptors (Lipinski definition) is 4. The number of nitrogens with zero attached hydrogens (tertiary/aromatic N) is 4. The summed E-state index contributed by atoms with van der Waals surface area (Å²) in [5.41, 5.74) is 15.4. The lowest BCUT2D eigenvalue weighted by atomic mass is 9.74. The second-order valence-electron chi connectivity index (χ2n) is 17.7. The predicted molar refractivity (Wildman–Crippen MR) is 260 cm³/mol. The monoisotopic (exact) mass is 817 g/mol. The molecule has 4 nitrogen and oxygen atoms in total. The number of aryl methyl sites for hydroxylation is 3. The van der Waals surface area contributed by atoms with Crippen molar-refractivity contribution >= 4 is 0 Å². The van der Waals surface area contributed by atoms with Crippen LogP contribution in [0.15, 0.2) is 134 Å². The smallest absolute Gasteiger partial charge is 0.165 e. The average molecular weight is 817 g/mol. The molecule has 0 bridgehead atoms. The maximum absolute atomic E-state index is 5.08. The van der Waals surface area contributed by atoms with E-state index < -0.39 is 0 Å². The first kappa shape index (κ1) is 42.9. The number of unbranched alkanes of at least 4 members (excludes halogenated alkanes) is 9. The van der Waals surface area contributed by atoms with Gasteiger partial charge in [0.05, 0.1) is 5.69 Å². The molecule has 0 amide bonds. The van der Waals surface area contributed by atoms with Gasteiger partial charge in [0.25, 0.3) is 0 Å². The van der Waals surface area contributed by atoms with Gasteiger partial charge in [0.1, 0.15) is 0 Å². The van der Waals surface area contributed by atoms with E-state index in [0.29, 0.717) is 17.5 Å². The van der Waals surface area contributed by atoms with Crippen molar-refractivity contribution in [2.24, 2.45) is 0 Å². The minimum atomic E-state index is -0.236. The molecule has 0 fully saturated rings. The molecule has 0 N–H and O–H groups in total. The normalized spacial score (nSPS) is 14.2. The second-order valence-corrected chi connectivity index (χ2v) is 17.7. The maximum atomic E-state index is 5.08. The van der Waals surface area contributed by atoms with Crippen LogP contribution in [0.4, 0.5) is 0 Å². The first-order valence-electron chi connectivity index (χ1n) is 23.7. The van der Waals surface area contributed by atoms with E-state index in [9.17, 15) is 0 Å². The van der Waals surface area contributed by atoms with Crippen LogP contribution in [0.25, 0.3) is 56.5 Å². The molecule has 4 heteroatoms. The summed E-state index contributed by atoms with van der Waals surface area (Å²) in [6.07, 6.45) is 20.5. The van der Waals surface area contributed by atoms with Gasteiger partial charge >= 0.3 is 0 Å². The second kappa shape index (κ2) is 20.4. The molecule has 0 aliphatic heterocycles. The highest BCUT2D eigenvalue weighted by atomic mass is 15.0. The van der Waals surface area contributed by atoms with Crippen molar-refractivity contribution in [3.63, 3.8) is 0 Å². The number of pyridine rings is 1. The first-order valence-corrected chi connectivity index (χ1v) is 23.7. The quantitative estimate of drug-likeness (QED) is 0.0719. The highest BCUT2D eigenvalue weighted by Gasteiger charge is 2.40. The third-order valence-corrected chi connectivity index (χ3v) is 13.2. The van der Waals surface area contributed by atoms with E-state index in [-0.39, 0.29) is 5.41 Å². The van der Waals surface area contributed by atoms with E-state index in [2.05, 4.69) is 155 Å². The van der Waals surface area contributed by atoms with E-state index in [1.165, 1.54) is 122 Å². The third kappa shape index (κ3) is 9.65. The van der Waals surface area contributed by atoms with Gasteiger partial charge in [-0.25, -0.2) is 15.0 Å². The summed E-state index contributed by atoms with van der Waals surface area (Å²) in [4.78, 5) is 20.3. The Bertz CT molecular complexity index is 2450. The van der Waals surface area contributed by atoms with Gasteiger partial charge < -0.3 is 0 Å². The van der Waals surface area contributed by atoms with Gasteiger partial charge in [0.2, 0.25) is 0 Å². The van der Waals surface area contributed by atoms with Crippen LogP contribution < -0.4 is 0 Å². The molecule has 0 spiro atoms. The predicted octanol–water partition coefficient (Wildman–Crippen LogP) is 15.6. The molecule has 1 aliphatic carbocycles. The van der Waals surface area contributed by atoms with Crippen LogP contribution in [-0.4, -0.2) is 19.9 Å². The highest BCUT2D eigenvalue weighted by molar-refractivity contribution is 5.86. The Kier molecular flexibility index (Phi) is 14.1. The zero-order valence-electron chi connectivity index (χ0n) is 37.6. The van der Waals surface area contributed by atoms with Crippen LogP contribution in [0.1, 0.15) is 138 Å². The van der Waals surface area contributed by atoms with Gasteiger partial charge in [-0.1, -0.05) is 188 Å². The summed E-state index contributed by atoms with van der Waals surface area (Å²) < 4.78 is 0. The lowest BCUT2D eigenvalue weighted by Crippen LogP contribution is -2.22. The zero-order chi connectivity index (χ0) is 42.7. The van der Waals surface area contributed by atoms with Crippen molar-refractivity contribution in [3.05, 3.63) is 167 Å². The van der Waals surface area contributed by atoms with Crippen molar-refractivity contribution in [3.8, 4) is 56.5 Å². The van der Waals surface area contributed by atoms with Gasteiger partial charge in [-0.05, 0) is 108 Å². The van der Waals surface area contributed by atoms with Crippen LogP contribution in [0.3, 0.4) is 0 Å². The largest absolute Gasteiger partial charge is 0.255 e. The number of benzene rings is 5. The van der Waals surface area contributed by atoms with Gasteiger partial charge in [-0.2, -0.15) is 0 Å². The summed E-state index contributed by atoms with van der Waals surface area (Å²) in [7, 11) is 0. The van der Waals surface area contributed by atoms with Crippen LogP contribution >= 0.6 is 0 Å². The molecular weight excluding hydrogens is 753 g/mol. The van der Waals surface area contributed by atoms with Crippen LogP contribution in [-0.2, 0) is 24.7 Å². The summed E-state index contributed by atoms with van der Waals surface area (Å²) >= 11 is 0. The molecule has 0 saturated carbocycles. The van der Waals surface area contributed by atoms with Gasteiger partial charge in [0.15, 0.2) is 17.5 Å². The van der Waals surface area contributed by atoms with Crippen LogP contribution in [0, 0.1) is 0 Å². The lowest BCUT2D eigenvalue weighted by molar-refractivity contribution is 0.666.